The van der Waals surface area contributed by atoms with Crippen LogP contribution in [0, 0.1) is 10.8 Å². The molecule has 4 atom stereocenters. The topological polar surface area (TPSA) is 102 Å². The summed E-state index contributed by atoms with van der Waals surface area (Å²) in [6, 6.07) is 15.5. The van der Waals surface area contributed by atoms with Gasteiger partial charge in [-0.05, 0) is 52.9 Å². The van der Waals surface area contributed by atoms with Gasteiger partial charge in [0.2, 0.25) is 14.2 Å². The highest BCUT2D eigenvalue weighted by atomic mass is 32.2. The van der Waals surface area contributed by atoms with Crippen LogP contribution in [-0.2, 0) is 39.8 Å². The van der Waals surface area contributed by atoms with Gasteiger partial charge in [0.15, 0.2) is 14.6 Å². The van der Waals surface area contributed by atoms with Crippen molar-refractivity contribution < 1.29 is 36.5 Å². The maximum Gasteiger partial charge on any atom is 0.210 e. The summed E-state index contributed by atoms with van der Waals surface area (Å²) in [5, 5.41) is 0. The molecule has 2 saturated heterocycles. The van der Waals surface area contributed by atoms with Crippen LogP contribution in [0.2, 0.25) is 16.6 Å². The van der Waals surface area contributed by atoms with Gasteiger partial charge in [-0.2, -0.15) is 0 Å². The van der Waals surface area contributed by atoms with E-state index in [0.717, 1.165) is 16.0 Å². The van der Waals surface area contributed by atoms with Crippen molar-refractivity contribution in [2.24, 2.45) is 10.8 Å². The van der Waals surface area contributed by atoms with E-state index in [1.54, 1.807) is 7.11 Å². The molecule has 5 rings (SSSR count). The van der Waals surface area contributed by atoms with Gasteiger partial charge in [0.1, 0.15) is 5.75 Å². The molecule has 2 fully saturated rings. The van der Waals surface area contributed by atoms with Crippen molar-refractivity contribution in [1.82, 2.24) is 4.98 Å². The third-order valence-corrected chi connectivity index (χ3v) is 20.7. The molecular formula is C42H63NO8S2Si. The Morgan fingerprint density at radius 1 is 0.963 bits per heavy atom. The standard InChI is InChI=1S/C42H63NO8S2Si/c1-29(2)54(30(3)4,31(5)6)50-28-42(9)37(47-25-32-18-20-33(46-10)21-19-32)23-34(51-38(42)24-39-48-26-41(7,8)27-49-39)15-13-14-22-53(44,45)40-43-35-16-11-12-17-36(35)52-40/h11-13,15-21,29-31,34,37-39H,14,22-28H2,1-10H3/b15-13+/t34-,37-,38+,42-/m0/s1. The summed E-state index contributed by atoms with van der Waals surface area (Å²) in [5.74, 6) is 0.764. The van der Waals surface area contributed by atoms with Crippen LogP contribution in [0.1, 0.15) is 87.1 Å². The zero-order chi connectivity index (χ0) is 39.3. The lowest BCUT2D eigenvalue weighted by molar-refractivity contribution is -0.260. The lowest BCUT2D eigenvalue weighted by Gasteiger charge is -2.52. The van der Waals surface area contributed by atoms with Crippen molar-refractivity contribution in [3.63, 3.8) is 0 Å². The Labute approximate surface area is 329 Å². The lowest BCUT2D eigenvalue weighted by atomic mass is 9.73. The number of nitrogens with zero attached hydrogens (tertiary/aromatic N) is 1. The molecule has 12 heteroatoms. The molecule has 9 nitrogen and oxygen atoms in total. The molecule has 0 aliphatic carbocycles. The molecule has 54 heavy (non-hydrogen) atoms. The number of hydrogen-bond acceptors (Lipinski definition) is 10. The number of methoxy groups -OCH3 is 1. The van der Waals surface area contributed by atoms with Crippen molar-refractivity contribution in [2.75, 3.05) is 32.7 Å². The summed E-state index contributed by atoms with van der Waals surface area (Å²) in [5.41, 5.74) is 2.41. The number of aromatic nitrogens is 1. The predicted octanol–water partition coefficient (Wildman–Crippen LogP) is 9.76. The summed E-state index contributed by atoms with van der Waals surface area (Å²) < 4.78 is 66.9. The van der Waals surface area contributed by atoms with Crippen LogP contribution in [0.15, 0.2) is 65.0 Å². The van der Waals surface area contributed by atoms with Crippen molar-refractivity contribution in [1.29, 1.82) is 0 Å². The second kappa shape index (κ2) is 18.0. The van der Waals surface area contributed by atoms with Gasteiger partial charge in [0, 0.05) is 30.3 Å². The minimum atomic E-state index is -3.55. The van der Waals surface area contributed by atoms with Gasteiger partial charge in [0.25, 0.3) is 0 Å². The molecule has 3 aromatic rings. The summed E-state index contributed by atoms with van der Waals surface area (Å²) in [7, 11) is -4.13. The Kier molecular flexibility index (Phi) is 14.3. The van der Waals surface area contributed by atoms with Crippen LogP contribution in [-0.4, -0.2) is 79.0 Å². The number of rotatable bonds is 17. The monoisotopic (exact) mass is 801 g/mol. The van der Waals surface area contributed by atoms with E-state index >= 15 is 0 Å². The summed E-state index contributed by atoms with van der Waals surface area (Å²) in [6.45, 7) is 22.5. The lowest BCUT2D eigenvalue weighted by Crippen LogP contribution is -2.59. The molecule has 0 bridgehead atoms. The first-order valence-corrected chi connectivity index (χ1v) is 24.1. The van der Waals surface area contributed by atoms with Crippen LogP contribution in [0.25, 0.3) is 10.2 Å². The fourth-order valence-electron chi connectivity index (χ4n) is 8.28. The van der Waals surface area contributed by atoms with Crippen LogP contribution < -0.4 is 4.74 Å². The first-order valence-electron chi connectivity index (χ1n) is 19.5. The van der Waals surface area contributed by atoms with E-state index in [9.17, 15) is 8.42 Å². The number of sulfone groups is 1. The predicted molar refractivity (Wildman–Crippen MR) is 219 cm³/mol. The van der Waals surface area contributed by atoms with Gasteiger partial charge in [-0.25, -0.2) is 13.4 Å². The highest BCUT2D eigenvalue weighted by Crippen LogP contribution is 2.47. The van der Waals surface area contributed by atoms with Crippen molar-refractivity contribution >= 4 is 39.7 Å². The van der Waals surface area contributed by atoms with E-state index in [-0.39, 0.29) is 33.8 Å². The summed E-state index contributed by atoms with van der Waals surface area (Å²) >= 11 is 1.22. The molecule has 300 valence electrons. The Morgan fingerprint density at radius 3 is 2.22 bits per heavy atom. The number of para-hydroxylation sites is 1. The Balaban J connectivity index is 1.41. The quantitative estimate of drug-likeness (QED) is 0.0976. The normalized spacial score (nSPS) is 24.4. The summed E-state index contributed by atoms with van der Waals surface area (Å²) in [4.78, 5) is 4.40. The zero-order valence-electron chi connectivity index (χ0n) is 34.0. The van der Waals surface area contributed by atoms with E-state index in [1.807, 2.05) is 60.7 Å². The van der Waals surface area contributed by atoms with Crippen LogP contribution in [0.3, 0.4) is 0 Å². The number of thiazole rings is 1. The average Bonchev–Trinajstić information content (AvgIpc) is 3.57. The van der Waals surface area contributed by atoms with E-state index in [2.05, 4.69) is 67.3 Å². The molecule has 0 amide bonds. The van der Waals surface area contributed by atoms with Gasteiger partial charge in [-0.3, -0.25) is 0 Å². The summed E-state index contributed by atoms with van der Waals surface area (Å²) in [6.07, 6.45) is 4.10. The molecule has 2 aliphatic rings. The molecular weight excluding hydrogens is 739 g/mol. The smallest absolute Gasteiger partial charge is 0.210 e. The molecule has 0 spiro atoms. The number of fused-ring (bicyclic) bond motifs is 1. The molecule has 2 aliphatic heterocycles. The zero-order valence-corrected chi connectivity index (χ0v) is 36.6. The van der Waals surface area contributed by atoms with Gasteiger partial charge in [-0.15, -0.1) is 11.3 Å². The van der Waals surface area contributed by atoms with Gasteiger partial charge in [-0.1, -0.05) is 98.7 Å². The van der Waals surface area contributed by atoms with Crippen molar-refractivity contribution in [2.45, 2.75) is 134 Å². The molecule has 1 aromatic heterocycles. The highest BCUT2D eigenvalue weighted by Gasteiger charge is 2.53. The number of allylic oxidation sites excluding steroid dienone is 1. The molecule has 3 heterocycles. The fraction of sp³-hybridized carbons (Fsp3) is 0.643. The van der Waals surface area contributed by atoms with Gasteiger partial charge >= 0.3 is 0 Å². The molecule has 0 radical (unpaired) electrons. The average molecular weight is 802 g/mol. The maximum atomic E-state index is 13.3. The SMILES string of the molecule is COc1ccc(CO[C@H]2C[C@H](/C=C/CCS(=O)(=O)c3nc4ccccc4s3)O[C@H](CC3OCC(C)(C)CO3)[C@@]2(C)CO[Si](C(C)C)(C(C)C)C(C)C)cc1. The largest absolute Gasteiger partial charge is 0.497 e. The Hall–Kier alpha value is -2.16. The highest BCUT2D eigenvalue weighted by molar-refractivity contribution is 7.93. The van der Waals surface area contributed by atoms with E-state index < -0.39 is 29.9 Å². The molecule has 0 N–H and O–H groups in total. The van der Waals surface area contributed by atoms with Crippen molar-refractivity contribution in [3.8, 4) is 5.75 Å². The minimum absolute atomic E-state index is 0.0335. The first-order chi connectivity index (χ1) is 25.5. The van der Waals surface area contributed by atoms with Crippen LogP contribution >= 0.6 is 11.3 Å². The second-order valence-corrected chi connectivity index (χ2v) is 25.9. The van der Waals surface area contributed by atoms with Crippen LogP contribution in [0.4, 0.5) is 0 Å². The minimum Gasteiger partial charge on any atom is -0.497 e. The number of hydrogen-bond donors (Lipinski definition) is 0. The maximum absolute atomic E-state index is 13.3. The third-order valence-electron chi connectivity index (χ3n) is 11.4. The van der Waals surface area contributed by atoms with E-state index in [0.29, 0.717) is 67.8 Å². The first kappa shape index (κ1) is 43.0. The van der Waals surface area contributed by atoms with Crippen LogP contribution in [0.5, 0.6) is 5.75 Å². The Bertz CT molecular complexity index is 1730. The number of benzene rings is 2. The molecule has 2 aromatic carbocycles. The van der Waals surface area contributed by atoms with E-state index in [1.165, 1.54) is 11.3 Å². The van der Waals surface area contributed by atoms with Gasteiger partial charge in [0.05, 0.1) is 61.2 Å². The van der Waals surface area contributed by atoms with Crippen molar-refractivity contribution in [3.05, 3.63) is 66.2 Å². The van der Waals surface area contributed by atoms with Gasteiger partial charge < -0.3 is 28.1 Å². The number of ether oxygens (including phenoxy) is 5. The molecule has 0 saturated carbocycles. The fourth-order valence-corrected chi connectivity index (χ4v) is 16.4. The third kappa shape index (κ3) is 10.0. The van der Waals surface area contributed by atoms with E-state index in [4.69, 9.17) is 28.1 Å². The second-order valence-electron chi connectivity index (χ2n) is 17.1. The Morgan fingerprint density at radius 2 is 1.61 bits per heavy atom. The molecule has 0 unspecified atom stereocenters.